The van der Waals surface area contributed by atoms with Crippen molar-refractivity contribution in [2.45, 2.75) is 64.1 Å². The number of benzene rings is 1. The van der Waals surface area contributed by atoms with Crippen LogP contribution < -0.4 is 10.6 Å². The van der Waals surface area contributed by atoms with Crippen LogP contribution in [0.1, 0.15) is 67.8 Å². The molecule has 1 aliphatic carbocycles. The number of hydrogen-bond donors (Lipinski definition) is 2. The summed E-state index contributed by atoms with van der Waals surface area (Å²) in [6.07, 6.45) is 7.71. The van der Waals surface area contributed by atoms with E-state index in [0.29, 0.717) is 12.0 Å². The van der Waals surface area contributed by atoms with E-state index in [1.807, 2.05) is 18.0 Å². The molecule has 1 amide bonds. The predicted molar refractivity (Wildman–Crippen MR) is 105 cm³/mol. The molecule has 0 unspecified atom stereocenters. The maximum absolute atomic E-state index is 12.0. The van der Waals surface area contributed by atoms with Crippen LogP contribution in [0, 0.1) is 6.92 Å². The number of rotatable bonds is 4. The molecule has 1 saturated heterocycles. The number of carbonyl (C=O) groups is 1. The molecule has 0 spiro atoms. The lowest BCUT2D eigenvalue weighted by Gasteiger charge is -2.27. The van der Waals surface area contributed by atoms with Crippen molar-refractivity contribution in [3.63, 3.8) is 0 Å². The van der Waals surface area contributed by atoms with E-state index in [9.17, 15) is 4.79 Å². The van der Waals surface area contributed by atoms with Crippen molar-refractivity contribution in [2.75, 3.05) is 10.6 Å². The highest BCUT2D eigenvalue weighted by atomic mass is 16.2. The van der Waals surface area contributed by atoms with Gasteiger partial charge in [-0.15, -0.1) is 0 Å². The molecule has 3 heterocycles. The lowest BCUT2D eigenvalue weighted by molar-refractivity contribution is -0.131. The Balaban J connectivity index is 1.38. The summed E-state index contributed by atoms with van der Waals surface area (Å²) in [7, 11) is 0. The fourth-order valence-corrected chi connectivity index (χ4v) is 4.63. The minimum absolute atomic E-state index is 0.168. The van der Waals surface area contributed by atoms with Gasteiger partial charge in [-0.3, -0.25) is 4.79 Å². The third-order valence-corrected chi connectivity index (χ3v) is 6.23. The monoisotopic (exact) mass is 363 g/mol. The SMILES string of the molecule is CC(=O)N1[C@@H]2CC[C@H]1c1cc(Nc3ncc(C)c(NC4CCC4)n3)ccc12. The molecular formula is C21H25N5O. The fraction of sp³-hybridized carbons (Fsp3) is 0.476. The molecule has 1 aromatic carbocycles. The Morgan fingerprint density at radius 1 is 1.15 bits per heavy atom. The minimum atomic E-state index is 0.168. The molecule has 2 bridgehead atoms. The first kappa shape index (κ1) is 16.5. The van der Waals surface area contributed by atoms with Gasteiger partial charge in [0.25, 0.3) is 0 Å². The number of hydrogen-bond acceptors (Lipinski definition) is 5. The van der Waals surface area contributed by atoms with Crippen molar-refractivity contribution in [3.8, 4) is 0 Å². The molecule has 6 nitrogen and oxygen atoms in total. The van der Waals surface area contributed by atoms with Crippen LogP contribution >= 0.6 is 0 Å². The van der Waals surface area contributed by atoms with Gasteiger partial charge >= 0.3 is 0 Å². The van der Waals surface area contributed by atoms with Crippen LogP contribution in [-0.2, 0) is 4.79 Å². The molecule has 1 aromatic heterocycles. The summed E-state index contributed by atoms with van der Waals surface area (Å²) in [4.78, 5) is 23.2. The third-order valence-electron chi connectivity index (χ3n) is 6.23. The molecule has 2 atom stereocenters. The number of fused-ring (bicyclic) bond motifs is 5. The fourth-order valence-electron chi connectivity index (χ4n) is 4.63. The molecule has 2 aliphatic heterocycles. The summed E-state index contributed by atoms with van der Waals surface area (Å²) in [6.45, 7) is 3.71. The molecule has 3 aliphatic rings. The standard InChI is InChI=1S/C21H25N5O/c1-12-11-22-21(25-20(12)23-14-4-3-5-14)24-15-6-7-16-17(10-15)19-9-8-18(16)26(19)13(2)27/h6-7,10-11,14,18-19H,3-5,8-9H2,1-2H3,(H2,22,23,24,25)/t18-,19+/m1/s1. The van der Waals surface area contributed by atoms with Gasteiger partial charge in [-0.25, -0.2) is 4.98 Å². The lowest BCUT2D eigenvalue weighted by Crippen LogP contribution is -2.28. The number of aryl methyl sites for hydroxylation is 1. The van der Waals surface area contributed by atoms with Crippen molar-refractivity contribution in [2.24, 2.45) is 0 Å². The van der Waals surface area contributed by atoms with Gasteiger partial charge in [-0.2, -0.15) is 4.98 Å². The third kappa shape index (κ3) is 2.74. The summed E-state index contributed by atoms with van der Waals surface area (Å²) in [5.41, 5.74) is 4.61. The van der Waals surface area contributed by atoms with Crippen LogP contribution in [0.15, 0.2) is 24.4 Å². The highest BCUT2D eigenvalue weighted by molar-refractivity contribution is 5.77. The molecule has 2 N–H and O–H groups in total. The molecule has 27 heavy (non-hydrogen) atoms. The van der Waals surface area contributed by atoms with E-state index in [0.717, 1.165) is 29.9 Å². The average Bonchev–Trinajstić information content (AvgIpc) is 3.17. The van der Waals surface area contributed by atoms with Crippen molar-refractivity contribution < 1.29 is 4.79 Å². The summed E-state index contributed by atoms with van der Waals surface area (Å²) in [5, 5.41) is 6.87. The molecule has 140 valence electrons. The lowest BCUT2D eigenvalue weighted by atomic mass is 9.91. The van der Waals surface area contributed by atoms with Crippen molar-refractivity contribution in [3.05, 3.63) is 41.1 Å². The number of nitrogens with one attached hydrogen (secondary N) is 2. The first-order valence-electron chi connectivity index (χ1n) is 9.90. The first-order chi connectivity index (χ1) is 13.1. The van der Waals surface area contributed by atoms with Gasteiger partial charge in [-0.05, 0) is 62.3 Å². The Kier molecular flexibility index (Phi) is 3.81. The second-order valence-electron chi connectivity index (χ2n) is 8.00. The molecule has 6 heteroatoms. The second-order valence-corrected chi connectivity index (χ2v) is 8.00. The number of aromatic nitrogens is 2. The maximum Gasteiger partial charge on any atom is 0.229 e. The van der Waals surface area contributed by atoms with E-state index in [1.165, 1.54) is 30.4 Å². The van der Waals surface area contributed by atoms with Crippen LogP contribution in [0.2, 0.25) is 0 Å². The van der Waals surface area contributed by atoms with E-state index in [4.69, 9.17) is 0 Å². The topological polar surface area (TPSA) is 70.2 Å². The van der Waals surface area contributed by atoms with Crippen LogP contribution in [0.5, 0.6) is 0 Å². The molecule has 0 radical (unpaired) electrons. The summed E-state index contributed by atoms with van der Waals surface area (Å²) in [5.74, 6) is 1.69. The van der Waals surface area contributed by atoms with E-state index in [1.54, 1.807) is 6.92 Å². The van der Waals surface area contributed by atoms with Gasteiger partial charge in [0.1, 0.15) is 5.82 Å². The van der Waals surface area contributed by atoms with Crippen molar-refractivity contribution in [1.82, 2.24) is 14.9 Å². The van der Waals surface area contributed by atoms with Gasteiger partial charge in [0.2, 0.25) is 11.9 Å². The summed E-state index contributed by atoms with van der Waals surface area (Å²) >= 11 is 0. The van der Waals surface area contributed by atoms with E-state index >= 15 is 0 Å². The van der Waals surface area contributed by atoms with Gasteiger partial charge in [0.05, 0.1) is 12.1 Å². The highest BCUT2D eigenvalue weighted by Gasteiger charge is 2.45. The number of anilines is 3. The van der Waals surface area contributed by atoms with Gasteiger partial charge in [-0.1, -0.05) is 6.07 Å². The molecular weight excluding hydrogens is 338 g/mol. The summed E-state index contributed by atoms with van der Waals surface area (Å²) < 4.78 is 0. The van der Waals surface area contributed by atoms with Gasteiger partial charge in [0.15, 0.2) is 0 Å². The Morgan fingerprint density at radius 3 is 2.63 bits per heavy atom. The number of amides is 1. The van der Waals surface area contributed by atoms with E-state index in [-0.39, 0.29) is 18.0 Å². The molecule has 5 rings (SSSR count). The van der Waals surface area contributed by atoms with Gasteiger partial charge < -0.3 is 15.5 Å². The minimum Gasteiger partial charge on any atom is -0.367 e. The quantitative estimate of drug-likeness (QED) is 0.851. The zero-order valence-electron chi connectivity index (χ0n) is 15.8. The van der Waals surface area contributed by atoms with Crippen molar-refractivity contribution >= 4 is 23.4 Å². The number of carbonyl (C=O) groups excluding carboxylic acids is 1. The van der Waals surface area contributed by atoms with Crippen molar-refractivity contribution in [1.29, 1.82) is 0 Å². The van der Waals surface area contributed by atoms with Crippen LogP contribution in [0.4, 0.5) is 17.5 Å². The first-order valence-corrected chi connectivity index (χ1v) is 9.90. The summed E-state index contributed by atoms with van der Waals surface area (Å²) in [6, 6.07) is 7.40. The Morgan fingerprint density at radius 2 is 1.93 bits per heavy atom. The molecule has 1 saturated carbocycles. The average molecular weight is 363 g/mol. The Bertz CT molecular complexity index is 907. The van der Waals surface area contributed by atoms with Crippen LogP contribution in [-0.4, -0.2) is 26.8 Å². The van der Waals surface area contributed by atoms with Crippen LogP contribution in [0.3, 0.4) is 0 Å². The van der Waals surface area contributed by atoms with E-state index < -0.39 is 0 Å². The zero-order chi connectivity index (χ0) is 18.5. The Labute approximate surface area is 159 Å². The predicted octanol–water partition coefficient (Wildman–Crippen LogP) is 4.23. The normalized spacial score (nSPS) is 23.1. The Hall–Kier alpha value is -2.63. The maximum atomic E-state index is 12.0. The largest absolute Gasteiger partial charge is 0.367 e. The number of nitrogens with zero attached hydrogens (tertiary/aromatic N) is 3. The van der Waals surface area contributed by atoms with E-state index in [2.05, 4.69) is 38.8 Å². The van der Waals surface area contributed by atoms with Gasteiger partial charge in [0, 0.05) is 30.4 Å². The smallest absolute Gasteiger partial charge is 0.229 e. The van der Waals surface area contributed by atoms with Crippen LogP contribution in [0.25, 0.3) is 0 Å². The highest BCUT2D eigenvalue weighted by Crippen LogP contribution is 2.53. The zero-order valence-corrected chi connectivity index (χ0v) is 15.8. The molecule has 2 aromatic rings. The molecule has 2 fully saturated rings. The second kappa shape index (κ2) is 6.22.